The number of ether oxygens (including phenoxy) is 1. The highest BCUT2D eigenvalue weighted by molar-refractivity contribution is 5.85. The molecule has 1 fully saturated rings. The molecule has 2 aromatic carbocycles. The van der Waals surface area contributed by atoms with E-state index >= 15 is 0 Å². The van der Waals surface area contributed by atoms with Gasteiger partial charge in [0.1, 0.15) is 11.6 Å². The summed E-state index contributed by atoms with van der Waals surface area (Å²) in [6.45, 7) is 8.77. The number of rotatable bonds is 5. The van der Waals surface area contributed by atoms with Gasteiger partial charge in [0.25, 0.3) is 5.56 Å². The summed E-state index contributed by atoms with van der Waals surface area (Å²) in [4.78, 5) is 20.5. The van der Waals surface area contributed by atoms with E-state index in [1.165, 1.54) is 12.1 Å². The first-order valence-electron chi connectivity index (χ1n) is 11.2. The van der Waals surface area contributed by atoms with Crippen LogP contribution in [0.4, 0.5) is 13.2 Å². The first-order chi connectivity index (χ1) is 15.6. The number of aromatic nitrogens is 2. The third-order valence-electron chi connectivity index (χ3n) is 6.29. The highest BCUT2D eigenvalue weighted by Crippen LogP contribution is 2.34. The number of aryl methyl sites for hydroxylation is 1. The molecule has 5 nitrogen and oxygen atoms in total. The average Bonchev–Trinajstić information content (AvgIpc) is 2.76. The van der Waals surface area contributed by atoms with E-state index in [9.17, 15) is 18.0 Å². The quantitative estimate of drug-likeness (QED) is 0.513. The Labute approximate surface area is 190 Å². The van der Waals surface area contributed by atoms with Gasteiger partial charge in [0, 0.05) is 24.7 Å². The van der Waals surface area contributed by atoms with Gasteiger partial charge in [0.15, 0.2) is 0 Å². The largest absolute Gasteiger partial charge is 0.573 e. The molecule has 0 bridgehead atoms. The lowest BCUT2D eigenvalue weighted by molar-refractivity contribution is -0.274. The Morgan fingerprint density at radius 2 is 1.94 bits per heavy atom. The zero-order valence-electron chi connectivity index (χ0n) is 19.0. The maximum absolute atomic E-state index is 13.4. The Bertz CT molecular complexity index is 1200. The minimum atomic E-state index is -4.80. The van der Waals surface area contributed by atoms with E-state index in [0.29, 0.717) is 40.8 Å². The molecular weight excluding hydrogens is 431 g/mol. The van der Waals surface area contributed by atoms with Gasteiger partial charge in [-0.05, 0) is 69.8 Å². The normalized spacial score (nSPS) is 17.6. The van der Waals surface area contributed by atoms with Gasteiger partial charge >= 0.3 is 6.36 Å². The molecule has 0 amide bonds. The third kappa shape index (κ3) is 5.21. The Morgan fingerprint density at radius 1 is 1.18 bits per heavy atom. The van der Waals surface area contributed by atoms with Crippen LogP contribution in [0, 0.1) is 12.8 Å². The maximum atomic E-state index is 13.4. The van der Waals surface area contributed by atoms with E-state index in [2.05, 4.69) is 28.5 Å². The minimum Gasteiger partial charge on any atom is -0.405 e. The highest BCUT2D eigenvalue weighted by atomic mass is 19.4. The second kappa shape index (κ2) is 9.17. The Kier molecular flexibility index (Phi) is 6.47. The van der Waals surface area contributed by atoms with Gasteiger partial charge in [-0.1, -0.05) is 24.3 Å². The summed E-state index contributed by atoms with van der Waals surface area (Å²) in [5, 5.41) is 0.386. The minimum absolute atomic E-state index is 0.171. The van der Waals surface area contributed by atoms with Gasteiger partial charge in [-0.2, -0.15) is 0 Å². The zero-order valence-corrected chi connectivity index (χ0v) is 19.0. The number of nitrogens with zero attached hydrogens (tertiary/aromatic N) is 3. The van der Waals surface area contributed by atoms with Crippen LogP contribution in [0.2, 0.25) is 0 Å². The Balaban J connectivity index is 1.71. The van der Waals surface area contributed by atoms with Crippen LogP contribution in [0.15, 0.2) is 47.3 Å². The average molecular weight is 460 g/mol. The molecule has 33 heavy (non-hydrogen) atoms. The van der Waals surface area contributed by atoms with Gasteiger partial charge in [-0.3, -0.25) is 9.36 Å². The van der Waals surface area contributed by atoms with Gasteiger partial charge in [-0.25, -0.2) is 4.98 Å². The van der Waals surface area contributed by atoms with E-state index in [1.54, 1.807) is 34.9 Å². The molecule has 0 saturated carbocycles. The van der Waals surface area contributed by atoms with Crippen molar-refractivity contribution >= 4 is 10.9 Å². The molecular formula is C25H28F3N3O2. The van der Waals surface area contributed by atoms with Crippen LogP contribution >= 0.6 is 0 Å². The van der Waals surface area contributed by atoms with Crippen molar-refractivity contribution < 1.29 is 17.9 Å². The first kappa shape index (κ1) is 23.3. The number of hydrogen-bond donors (Lipinski definition) is 0. The van der Waals surface area contributed by atoms with Crippen LogP contribution in [-0.2, 0) is 6.54 Å². The van der Waals surface area contributed by atoms with Crippen LogP contribution in [0.1, 0.15) is 32.5 Å². The monoisotopic (exact) mass is 459 g/mol. The molecule has 2 heterocycles. The van der Waals surface area contributed by atoms with E-state index in [-0.39, 0.29) is 16.9 Å². The van der Waals surface area contributed by atoms with Crippen molar-refractivity contribution in [3.05, 3.63) is 58.6 Å². The molecule has 1 aliphatic rings. The molecule has 1 atom stereocenters. The second-order valence-electron chi connectivity index (χ2n) is 8.95. The molecule has 0 radical (unpaired) electrons. The fraction of sp³-hybridized carbons (Fsp3) is 0.440. The number of para-hydroxylation sites is 1. The summed E-state index contributed by atoms with van der Waals surface area (Å²) in [6.07, 6.45) is -2.66. The fourth-order valence-corrected chi connectivity index (χ4v) is 4.61. The summed E-state index contributed by atoms with van der Waals surface area (Å²) in [5.41, 5.74) is 1.10. The van der Waals surface area contributed by atoms with Gasteiger partial charge in [0.05, 0.1) is 10.9 Å². The van der Waals surface area contributed by atoms with Crippen molar-refractivity contribution in [3.63, 3.8) is 0 Å². The molecule has 0 spiro atoms. The number of halogens is 3. The van der Waals surface area contributed by atoms with Crippen molar-refractivity contribution in [3.8, 4) is 16.9 Å². The number of benzene rings is 2. The summed E-state index contributed by atoms with van der Waals surface area (Å²) < 4.78 is 44.5. The van der Waals surface area contributed by atoms with Crippen LogP contribution < -0.4 is 10.3 Å². The van der Waals surface area contributed by atoms with Crippen molar-refractivity contribution in [2.75, 3.05) is 13.1 Å². The molecule has 3 aromatic rings. The lowest BCUT2D eigenvalue weighted by Gasteiger charge is -2.35. The lowest BCUT2D eigenvalue weighted by atomic mass is 9.96. The summed E-state index contributed by atoms with van der Waals surface area (Å²) in [5.74, 6) is 0.685. The fourth-order valence-electron chi connectivity index (χ4n) is 4.61. The predicted octanol–water partition coefficient (Wildman–Crippen LogP) is 5.39. The smallest absolute Gasteiger partial charge is 0.405 e. The number of piperidine rings is 1. The Morgan fingerprint density at radius 3 is 2.67 bits per heavy atom. The van der Waals surface area contributed by atoms with Crippen molar-refractivity contribution in [1.82, 2.24) is 14.5 Å². The SMILES string of the molecule is Cc1nc2ccc(-c3ccccc3OC(F)(F)F)cc2c(=O)n1C[C@H]1CCCN(C(C)C)C1. The molecule has 0 unspecified atom stereocenters. The van der Waals surface area contributed by atoms with Gasteiger partial charge in [-0.15, -0.1) is 13.2 Å². The first-order valence-corrected chi connectivity index (χ1v) is 11.2. The van der Waals surface area contributed by atoms with Crippen molar-refractivity contribution in [2.24, 2.45) is 5.92 Å². The number of alkyl halides is 3. The van der Waals surface area contributed by atoms with E-state index < -0.39 is 6.36 Å². The van der Waals surface area contributed by atoms with Gasteiger partial charge in [0.2, 0.25) is 0 Å². The summed E-state index contributed by atoms with van der Waals surface area (Å²) in [6, 6.07) is 11.3. The Hall–Kier alpha value is -2.87. The van der Waals surface area contributed by atoms with Crippen LogP contribution in [-0.4, -0.2) is 39.9 Å². The highest BCUT2D eigenvalue weighted by Gasteiger charge is 2.32. The second-order valence-corrected chi connectivity index (χ2v) is 8.95. The van der Waals surface area contributed by atoms with Crippen LogP contribution in [0.3, 0.4) is 0 Å². The molecule has 8 heteroatoms. The molecule has 176 valence electrons. The molecule has 1 saturated heterocycles. The molecule has 0 N–H and O–H groups in total. The lowest BCUT2D eigenvalue weighted by Crippen LogP contribution is -2.42. The molecule has 0 aliphatic carbocycles. The van der Waals surface area contributed by atoms with Gasteiger partial charge < -0.3 is 9.64 Å². The third-order valence-corrected chi connectivity index (χ3v) is 6.29. The predicted molar refractivity (Wildman–Crippen MR) is 122 cm³/mol. The number of fused-ring (bicyclic) bond motifs is 1. The summed E-state index contributed by atoms with van der Waals surface area (Å²) in [7, 11) is 0. The summed E-state index contributed by atoms with van der Waals surface area (Å²) >= 11 is 0. The van der Waals surface area contributed by atoms with E-state index in [1.807, 2.05) is 6.92 Å². The molecule has 1 aliphatic heterocycles. The van der Waals surface area contributed by atoms with Crippen LogP contribution in [0.5, 0.6) is 5.75 Å². The number of likely N-dealkylation sites (tertiary alicyclic amines) is 1. The standard InChI is InChI=1S/C25H28F3N3O2/c1-16(2)30-12-6-7-18(14-30)15-31-17(3)29-22-11-10-19(13-21(22)24(31)32)20-8-4-5-9-23(20)33-25(26,27)28/h4-5,8-11,13,16,18H,6-7,12,14-15H2,1-3H3/t18-/m0/s1. The topological polar surface area (TPSA) is 47.4 Å². The number of hydrogen-bond acceptors (Lipinski definition) is 4. The van der Waals surface area contributed by atoms with Crippen LogP contribution in [0.25, 0.3) is 22.0 Å². The van der Waals surface area contributed by atoms with Crippen molar-refractivity contribution in [2.45, 2.75) is 52.6 Å². The van der Waals surface area contributed by atoms with Crippen molar-refractivity contribution in [1.29, 1.82) is 0 Å². The van der Waals surface area contributed by atoms with E-state index in [0.717, 1.165) is 25.9 Å². The maximum Gasteiger partial charge on any atom is 0.573 e. The molecule has 1 aromatic heterocycles. The van der Waals surface area contributed by atoms with E-state index in [4.69, 9.17) is 0 Å². The zero-order chi connectivity index (χ0) is 23.8. The molecule has 4 rings (SSSR count).